The number of aromatic hydroxyl groups is 1. The van der Waals surface area contributed by atoms with Gasteiger partial charge in [-0.2, -0.15) is 0 Å². The van der Waals surface area contributed by atoms with Gasteiger partial charge in [-0.1, -0.05) is 0 Å². The van der Waals surface area contributed by atoms with Crippen LogP contribution in [0.5, 0.6) is 5.75 Å². The van der Waals surface area contributed by atoms with Crippen molar-refractivity contribution in [3.63, 3.8) is 0 Å². The summed E-state index contributed by atoms with van der Waals surface area (Å²) in [5, 5.41) is 13.8. The summed E-state index contributed by atoms with van der Waals surface area (Å²) >= 11 is 0. The van der Waals surface area contributed by atoms with E-state index in [1.54, 1.807) is 0 Å². The molecule has 0 radical (unpaired) electrons. The van der Waals surface area contributed by atoms with Gasteiger partial charge < -0.3 is 5.11 Å². The van der Waals surface area contributed by atoms with Gasteiger partial charge in [-0.25, -0.2) is 13.6 Å². The largest absolute Gasteiger partial charge is 0.506 e. The molecule has 1 heterocycles. The van der Waals surface area contributed by atoms with Crippen molar-refractivity contribution in [2.24, 2.45) is 5.14 Å². The molecule has 0 aliphatic heterocycles. The minimum absolute atomic E-state index is 0.0694. The molecule has 0 aliphatic rings. The van der Waals surface area contributed by atoms with Gasteiger partial charge in [-0.3, -0.25) is 4.98 Å². The lowest BCUT2D eigenvalue weighted by Gasteiger charge is -1.99. The van der Waals surface area contributed by atoms with Crippen molar-refractivity contribution >= 4 is 10.0 Å². The standard InChI is InChI=1S/C6H8N2O3S/c7-12(10,11)4-5-6(9)2-1-3-8-5/h1-3,9H,4H2,(H2,7,10,11). The Morgan fingerprint density at radius 1 is 1.58 bits per heavy atom. The van der Waals surface area contributed by atoms with Crippen molar-refractivity contribution in [1.82, 2.24) is 4.98 Å². The molecular weight excluding hydrogens is 180 g/mol. The van der Waals surface area contributed by atoms with Crippen molar-refractivity contribution in [3.05, 3.63) is 24.0 Å². The average molecular weight is 188 g/mol. The topological polar surface area (TPSA) is 93.3 Å². The quantitative estimate of drug-likeness (QED) is 0.658. The Labute approximate surface area is 69.9 Å². The maximum Gasteiger partial charge on any atom is 0.214 e. The first-order chi connectivity index (χ1) is 5.49. The van der Waals surface area contributed by atoms with Crippen molar-refractivity contribution in [2.75, 3.05) is 0 Å². The van der Waals surface area contributed by atoms with Crippen LogP contribution in [0.3, 0.4) is 0 Å². The fourth-order valence-corrected chi connectivity index (χ4v) is 1.33. The van der Waals surface area contributed by atoms with E-state index in [1.807, 2.05) is 0 Å². The summed E-state index contributed by atoms with van der Waals surface area (Å²) in [4.78, 5) is 3.65. The summed E-state index contributed by atoms with van der Waals surface area (Å²) in [6.45, 7) is 0. The Balaban J connectivity index is 2.98. The highest BCUT2D eigenvalue weighted by atomic mass is 32.2. The first-order valence-electron chi connectivity index (χ1n) is 3.12. The number of sulfonamides is 1. The predicted molar refractivity (Wildman–Crippen MR) is 42.7 cm³/mol. The zero-order valence-electron chi connectivity index (χ0n) is 6.14. The number of primary sulfonamides is 1. The third kappa shape index (κ3) is 2.48. The van der Waals surface area contributed by atoms with Crippen LogP contribution in [0.2, 0.25) is 0 Å². The second kappa shape index (κ2) is 3.08. The molecular formula is C6H8N2O3S. The number of hydrogen-bond acceptors (Lipinski definition) is 4. The number of pyridine rings is 1. The van der Waals surface area contributed by atoms with Crippen LogP contribution in [0.25, 0.3) is 0 Å². The Morgan fingerprint density at radius 2 is 2.25 bits per heavy atom. The predicted octanol–water partition coefficient (Wildman–Crippen LogP) is -0.424. The molecule has 0 bridgehead atoms. The van der Waals surface area contributed by atoms with Crippen LogP contribution in [0, 0.1) is 0 Å². The first kappa shape index (κ1) is 8.95. The highest BCUT2D eigenvalue weighted by Crippen LogP contribution is 2.13. The smallest absolute Gasteiger partial charge is 0.214 e. The van der Waals surface area contributed by atoms with Gasteiger partial charge in [0.05, 0.1) is 5.69 Å². The van der Waals surface area contributed by atoms with Crippen molar-refractivity contribution < 1.29 is 13.5 Å². The van der Waals surface area contributed by atoms with Gasteiger partial charge in [0, 0.05) is 6.20 Å². The Kier molecular flexibility index (Phi) is 2.30. The monoisotopic (exact) mass is 188 g/mol. The zero-order chi connectivity index (χ0) is 9.19. The fraction of sp³-hybridized carbons (Fsp3) is 0.167. The highest BCUT2D eigenvalue weighted by molar-refractivity contribution is 7.88. The number of rotatable bonds is 2. The minimum atomic E-state index is -3.62. The molecule has 1 aromatic heterocycles. The molecule has 0 aromatic carbocycles. The van der Waals surface area contributed by atoms with E-state index >= 15 is 0 Å². The van der Waals surface area contributed by atoms with Gasteiger partial charge in [0.1, 0.15) is 11.5 Å². The molecule has 0 saturated heterocycles. The second-order valence-corrected chi connectivity index (χ2v) is 3.89. The number of nitrogens with zero attached hydrogens (tertiary/aromatic N) is 1. The van der Waals surface area contributed by atoms with Crippen LogP contribution in [0.1, 0.15) is 5.69 Å². The van der Waals surface area contributed by atoms with Crippen LogP contribution < -0.4 is 5.14 Å². The number of nitrogens with two attached hydrogens (primary N) is 1. The SMILES string of the molecule is NS(=O)(=O)Cc1ncccc1O. The van der Waals surface area contributed by atoms with Crippen LogP contribution in [-0.4, -0.2) is 18.5 Å². The lowest BCUT2D eigenvalue weighted by molar-refractivity contribution is 0.466. The second-order valence-electron chi connectivity index (χ2n) is 2.28. The van der Waals surface area contributed by atoms with Crippen molar-refractivity contribution in [1.29, 1.82) is 0 Å². The van der Waals surface area contributed by atoms with Crippen LogP contribution in [-0.2, 0) is 15.8 Å². The van der Waals surface area contributed by atoms with E-state index in [9.17, 15) is 8.42 Å². The molecule has 0 amide bonds. The average Bonchev–Trinajstić information content (AvgIpc) is 1.91. The van der Waals surface area contributed by atoms with Gasteiger partial charge >= 0.3 is 0 Å². The molecule has 0 unspecified atom stereocenters. The third-order valence-corrected chi connectivity index (χ3v) is 1.88. The zero-order valence-corrected chi connectivity index (χ0v) is 6.95. The molecule has 0 aliphatic carbocycles. The normalized spacial score (nSPS) is 11.4. The van der Waals surface area contributed by atoms with Gasteiger partial charge in [0.25, 0.3) is 0 Å². The van der Waals surface area contributed by atoms with Crippen LogP contribution >= 0.6 is 0 Å². The maximum atomic E-state index is 10.6. The highest BCUT2D eigenvalue weighted by Gasteiger charge is 2.09. The molecule has 3 N–H and O–H groups in total. The van der Waals surface area contributed by atoms with Gasteiger partial charge in [0.2, 0.25) is 10.0 Å². The van der Waals surface area contributed by atoms with Crippen molar-refractivity contribution in [2.45, 2.75) is 5.75 Å². The summed E-state index contributed by atoms with van der Waals surface area (Å²) in [6.07, 6.45) is 1.39. The molecule has 66 valence electrons. The third-order valence-electron chi connectivity index (χ3n) is 1.20. The Bertz CT molecular complexity index is 374. The van der Waals surface area contributed by atoms with Crippen LogP contribution in [0.4, 0.5) is 0 Å². The van der Waals surface area contributed by atoms with Crippen molar-refractivity contribution in [3.8, 4) is 5.75 Å². The van der Waals surface area contributed by atoms with E-state index in [4.69, 9.17) is 10.2 Å². The van der Waals surface area contributed by atoms with E-state index in [2.05, 4.69) is 4.98 Å². The van der Waals surface area contributed by atoms with Gasteiger partial charge in [-0.05, 0) is 12.1 Å². The maximum absolute atomic E-state index is 10.6. The van der Waals surface area contributed by atoms with E-state index in [-0.39, 0.29) is 11.4 Å². The molecule has 6 heteroatoms. The van der Waals surface area contributed by atoms with E-state index < -0.39 is 15.8 Å². The lowest BCUT2D eigenvalue weighted by Crippen LogP contribution is -2.15. The molecule has 1 aromatic rings. The summed E-state index contributed by atoms with van der Waals surface area (Å²) in [5.41, 5.74) is 0.0694. The summed E-state index contributed by atoms with van der Waals surface area (Å²) in [5.74, 6) is -0.605. The summed E-state index contributed by atoms with van der Waals surface area (Å²) < 4.78 is 21.2. The molecule has 0 saturated carbocycles. The Hall–Kier alpha value is -1.14. The molecule has 5 nitrogen and oxygen atoms in total. The molecule has 0 spiro atoms. The first-order valence-corrected chi connectivity index (χ1v) is 4.84. The molecule has 0 atom stereocenters. The van der Waals surface area contributed by atoms with Crippen LogP contribution in [0.15, 0.2) is 18.3 Å². The molecule has 1 rings (SSSR count). The van der Waals surface area contributed by atoms with E-state index in [0.29, 0.717) is 0 Å². The molecule has 12 heavy (non-hydrogen) atoms. The Morgan fingerprint density at radius 3 is 2.75 bits per heavy atom. The van der Waals surface area contributed by atoms with E-state index in [1.165, 1.54) is 18.3 Å². The fourth-order valence-electron chi connectivity index (χ4n) is 0.731. The summed E-state index contributed by atoms with van der Waals surface area (Å²) in [7, 11) is -3.62. The van der Waals surface area contributed by atoms with Gasteiger partial charge in [0.15, 0.2) is 0 Å². The number of aromatic nitrogens is 1. The van der Waals surface area contributed by atoms with E-state index in [0.717, 1.165) is 0 Å². The van der Waals surface area contributed by atoms with Gasteiger partial charge in [-0.15, -0.1) is 0 Å². The number of hydrogen-bond donors (Lipinski definition) is 2. The lowest BCUT2D eigenvalue weighted by atomic mass is 10.3. The molecule has 0 fully saturated rings. The minimum Gasteiger partial charge on any atom is -0.506 e. The summed E-state index contributed by atoms with van der Waals surface area (Å²) in [6, 6.07) is 2.86.